The molecule has 3 rings (SSSR count). The summed E-state index contributed by atoms with van der Waals surface area (Å²) >= 11 is 0. The van der Waals surface area contributed by atoms with Crippen molar-refractivity contribution in [3.8, 4) is 0 Å². The van der Waals surface area contributed by atoms with Crippen LogP contribution in [0.15, 0.2) is 23.0 Å². The van der Waals surface area contributed by atoms with Crippen LogP contribution in [0.5, 0.6) is 0 Å². The first-order valence-corrected chi connectivity index (χ1v) is 7.91. The number of aromatic amines is 2. The second-order valence-corrected chi connectivity index (χ2v) is 6.06. The van der Waals surface area contributed by atoms with Gasteiger partial charge < -0.3 is 20.6 Å². The summed E-state index contributed by atoms with van der Waals surface area (Å²) in [5.41, 5.74) is 2.26. The van der Waals surface area contributed by atoms with E-state index in [0.717, 1.165) is 29.4 Å². The maximum atomic E-state index is 12.1. The second kappa shape index (κ2) is 6.25. The molecule has 0 bridgehead atoms. The Morgan fingerprint density at radius 3 is 2.68 bits per heavy atom. The molecule has 2 aromatic rings. The van der Waals surface area contributed by atoms with Gasteiger partial charge in [-0.3, -0.25) is 0 Å². The van der Waals surface area contributed by atoms with Gasteiger partial charge in [0.05, 0.1) is 17.1 Å². The molecule has 22 heavy (non-hydrogen) atoms. The molecule has 0 radical (unpaired) electrons. The van der Waals surface area contributed by atoms with Crippen molar-refractivity contribution in [3.05, 3.63) is 34.2 Å². The first-order valence-electron chi connectivity index (χ1n) is 7.91. The maximum absolute atomic E-state index is 12.1. The molecule has 1 aliphatic rings. The third kappa shape index (κ3) is 3.32. The number of nitrogens with one attached hydrogen (secondary N) is 4. The Bertz CT molecular complexity index is 712. The normalized spacial score (nSPS) is 17.3. The first kappa shape index (κ1) is 14.7. The van der Waals surface area contributed by atoms with Crippen molar-refractivity contribution in [1.29, 1.82) is 0 Å². The van der Waals surface area contributed by atoms with E-state index in [2.05, 4.69) is 20.6 Å². The van der Waals surface area contributed by atoms with Gasteiger partial charge in [0, 0.05) is 6.04 Å². The lowest BCUT2D eigenvalue weighted by Crippen LogP contribution is -2.43. The van der Waals surface area contributed by atoms with Crippen molar-refractivity contribution in [3.63, 3.8) is 0 Å². The average molecular weight is 302 g/mol. The Labute approximate surface area is 128 Å². The summed E-state index contributed by atoms with van der Waals surface area (Å²) in [4.78, 5) is 28.8. The third-order valence-electron chi connectivity index (χ3n) is 4.33. The van der Waals surface area contributed by atoms with Crippen LogP contribution in [0.25, 0.3) is 11.0 Å². The molecule has 1 aromatic heterocycles. The van der Waals surface area contributed by atoms with Crippen molar-refractivity contribution in [1.82, 2.24) is 20.6 Å². The van der Waals surface area contributed by atoms with Crippen molar-refractivity contribution in [2.24, 2.45) is 0 Å². The highest BCUT2D eigenvalue weighted by atomic mass is 16.2. The second-order valence-electron chi connectivity index (χ2n) is 6.06. The molecule has 1 fully saturated rings. The van der Waals surface area contributed by atoms with Crippen LogP contribution in [0.3, 0.4) is 0 Å². The van der Waals surface area contributed by atoms with Crippen LogP contribution in [0.1, 0.15) is 50.6 Å². The SMILES string of the molecule is C[C@@H](NC(=O)NC1CCCCC1)c1ccc2[nH]c(=O)[nH]c2c1. The lowest BCUT2D eigenvalue weighted by atomic mass is 9.96. The Hall–Kier alpha value is -2.24. The predicted molar refractivity (Wildman–Crippen MR) is 85.9 cm³/mol. The molecule has 0 unspecified atom stereocenters. The van der Waals surface area contributed by atoms with E-state index in [0.29, 0.717) is 6.04 Å². The van der Waals surface area contributed by atoms with Gasteiger partial charge in [0.15, 0.2) is 0 Å². The van der Waals surface area contributed by atoms with Crippen LogP contribution in [-0.2, 0) is 0 Å². The number of fused-ring (bicyclic) bond motifs is 1. The number of carbonyl (C=O) groups is 1. The molecule has 2 amide bonds. The highest BCUT2D eigenvalue weighted by Crippen LogP contribution is 2.19. The Kier molecular flexibility index (Phi) is 4.18. The highest BCUT2D eigenvalue weighted by molar-refractivity contribution is 5.77. The molecule has 0 saturated heterocycles. The Morgan fingerprint density at radius 2 is 1.91 bits per heavy atom. The zero-order chi connectivity index (χ0) is 15.5. The number of H-pyrrole nitrogens is 2. The lowest BCUT2D eigenvalue weighted by molar-refractivity contribution is 0.229. The van der Waals surface area contributed by atoms with E-state index >= 15 is 0 Å². The maximum Gasteiger partial charge on any atom is 0.323 e. The quantitative estimate of drug-likeness (QED) is 0.702. The van der Waals surface area contributed by atoms with Crippen molar-refractivity contribution < 1.29 is 4.79 Å². The minimum atomic E-state index is -0.220. The number of rotatable bonds is 3. The molecule has 0 spiro atoms. The molecule has 1 saturated carbocycles. The van der Waals surface area contributed by atoms with Gasteiger partial charge in [-0.15, -0.1) is 0 Å². The molecule has 4 N–H and O–H groups in total. The number of urea groups is 1. The minimum Gasteiger partial charge on any atom is -0.335 e. The van der Waals surface area contributed by atoms with E-state index in [9.17, 15) is 9.59 Å². The standard InChI is InChI=1S/C16H22N4O2/c1-10(17-15(21)18-12-5-3-2-4-6-12)11-7-8-13-14(9-11)20-16(22)19-13/h7-10,12H,2-6H2,1H3,(H2,17,18,21)(H2,19,20,22)/t10-/m1/s1. The van der Waals surface area contributed by atoms with Crippen molar-refractivity contribution >= 4 is 17.1 Å². The molecule has 6 nitrogen and oxygen atoms in total. The third-order valence-corrected chi connectivity index (χ3v) is 4.33. The van der Waals surface area contributed by atoms with Gasteiger partial charge in [0.1, 0.15) is 0 Å². The van der Waals surface area contributed by atoms with Crippen LogP contribution < -0.4 is 16.3 Å². The summed E-state index contributed by atoms with van der Waals surface area (Å²) in [5.74, 6) is 0. The average Bonchev–Trinajstić information content (AvgIpc) is 2.87. The predicted octanol–water partition coefficient (Wildman–Crippen LogP) is 2.55. The summed E-state index contributed by atoms with van der Waals surface area (Å²) in [6.07, 6.45) is 5.79. The number of carbonyl (C=O) groups excluding carboxylic acids is 1. The smallest absolute Gasteiger partial charge is 0.323 e. The van der Waals surface area contributed by atoms with Gasteiger partial charge in [0.25, 0.3) is 0 Å². The molecule has 1 aliphatic carbocycles. The van der Waals surface area contributed by atoms with Crippen LogP contribution in [-0.4, -0.2) is 22.0 Å². The molecule has 6 heteroatoms. The summed E-state index contributed by atoms with van der Waals surface area (Å²) in [5, 5.41) is 6.01. The van der Waals surface area contributed by atoms with Crippen LogP contribution in [0.2, 0.25) is 0 Å². The molecule has 1 aromatic carbocycles. The van der Waals surface area contributed by atoms with Crippen molar-refractivity contribution in [2.75, 3.05) is 0 Å². The number of aromatic nitrogens is 2. The van der Waals surface area contributed by atoms with Gasteiger partial charge in [-0.25, -0.2) is 9.59 Å². The summed E-state index contributed by atoms with van der Waals surface area (Å²) in [6.45, 7) is 1.94. The molecule has 1 atom stereocenters. The highest BCUT2D eigenvalue weighted by Gasteiger charge is 2.17. The van der Waals surface area contributed by atoms with Crippen LogP contribution in [0.4, 0.5) is 4.79 Å². The lowest BCUT2D eigenvalue weighted by Gasteiger charge is -2.24. The summed E-state index contributed by atoms with van der Waals surface area (Å²) in [6, 6.07) is 5.70. The molecular weight excluding hydrogens is 280 g/mol. The Morgan fingerprint density at radius 1 is 1.18 bits per heavy atom. The van der Waals surface area contributed by atoms with Crippen LogP contribution in [0, 0.1) is 0 Å². The van der Waals surface area contributed by atoms with Gasteiger partial charge in [0.2, 0.25) is 0 Å². The van der Waals surface area contributed by atoms with Crippen molar-refractivity contribution in [2.45, 2.75) is 51.1 Å². The fourth-order valence-electron chi connectivity index (χ4n) is 3.07. The van der Waals surface area contributed by atoms with E-state index in [4.69, 9.17) is 0 Å². The Balaban J connectivity index is 1.62. The number of benzene rings is 1. The zero-order valence-electron chi connectivity index (χ0n) is 12.7. The van der Waals surface area contributed by atoms with E-state index in [-0.39, 0.29) is 17.8 Å². The van der Waals surface area contributed by atoms with E-state index in [1.165, 1.54) is 19.3 Å². The van der Waals surface area contributed by atoms with Crippen LogP contribution >= 0.6 is 0 Å². The molecule has 0 aliphatic heterocycles. The monoisotopic (exact) mass is 302 g/mol. The van der Waals surface area contributed by atoms with Gasteiger partial charge in [-0.05, 0) is 37.5 Å². The largest absolute Gasteiger partial charge is 0.335 e. The fourth-order valence-corrected chi connectivity index (χ4v) is 3.07. The first-order chi connectivity index (χ1) is 10.6. The molecule has 1 heterocycles. The molecule has 118 valence electrons. The summed E-state index contributed by atoms with van der Waals surface area (Å²) < 4.78 is 0. The molecular formula is C16H22N4O2. The number of amides is 2. The minimum absolute atomic E-state index is 0.119. The fraction of sp³-hybridized carbons (Fsp3) is 0.500. The van der Waals surface area contributed by atoms with E-state index in [1.54, 1.807) is 0 Å². The van der Waals surface area contributed by atoms with Gasteiger partial charge in [-0.1, -0.05) is 25.3 Å². The summed E-state index contributed by atoms with van der Waals surface area (Å²) in [7, 11) is 0. The number of hydrogen-bond acceptors (Lipinski definition) is 2. The number of hydrogen-bond donors (Lipinski definition) is 4. The van der Waals surface area contributed by atoms with Gasteiger partial charge in [-0.2, -0.15) is 0 Å². The van der Waals surface area contributed by atoms with E-state index < -0.39 is 0 Å². The topological polar surface area (TPSA) is 89.8 Å². The zero-order valence-corrected chi connectivity index (χ0v) is 12.7. The van der Waals surface area contributed by atoms with E-state index in [1.807, 2.05) is 25.1 Å². The van der Waals surface area contributed by atoms with Gasteiger partial charge >= 0.3 is 11.7 Å². The number of imidazole rings is 1.